The Hall–Kier alpha value is -2.70. The number of aliphatic imine (C=N–C) groups is 1. The highest BCUT2D eigenvalue weighted by Crippen LogP contribution is 2.37. The van der Waals surface area contributed by atoms with Crippen LogP contribution in [0.1, 0.15) is 30.0 Å². The van der Waals surface area contributed by atoms with E-state index in [-0.39, 0.29) is 31.7 Å². The highest BCUT2D eigenvalue weighted by Gasteiger charge is 2.40. The van der Waals surface area contributed by atoms with E-state index in [1.165, 1.54) is 34.4 Å². The van der Waals surface area contributed by atoms with Crippen LogP contribution in [-0.4, -0.2) is 64.7 Å². The number of nitrogens with one attached hydrogen (secondary N) is 1. The fraction of sp³-hybridized carbons (Fsp3) is 0.364. The van der Waals surface area contributed by atoms with Crippen molar-refractivity contribution in [3.05, 3.63) is 61.9 Å². The molecule has 4 rings (SSSR count). The highest BCUT2D eigenvalue weighted by molar-refractivity contribution is 9.10. The summed E-state index contributed by atoms with van der Waals surface area (Å²) in [6.45, 7) is 1.62. The number of carbonyl (C=O) groups excluding carboxylic acids is 1. The molecule has 2 aliphatic rings. The number of benzene rings is 1. The smallest absolute Gasteiger partial charge is 0.338 e. The van der Waals surface area contributed by atoms with Gasteiger partial charge in [-0.3, -0.25) is 14.7 Å². The molecule has 34 heavy (non-hydrogen) atoms. The van der Waals surface area contributed by atoms with Gasteiger partial charge in [0.15, 0.2) is 10.8 Å². The van der Waals surface area contributed by atoms with Crippen LogP contribution >= 0.6 is 27.3 Å². The van der Waals surface area contributed by atoms with Crippen LogP contribution in [0.3, 0.4) is 0 Å². The molecular formula is C22H21BrF2N4O4S. The Morgan fingerprint density at radius 1 is 1.41 bits per heavy atom. The zero-order valence-corrected chi connectivity index (χ0v) is 20.4. The number of hydrogen-bond acceptors (Lipinski definition) is 8. The second-order valence-corrected chi connectivity index (χ2v) is 9.49. The molecule has 0 aliphatic carbocycles. The molecule has 2 N–H and O–H groups in total. The van der Waals surface area contributed by atoms with E-state index in [2.05, 4.69) is 26.2 Å². The van der Waals surface area contributed by atoms with Crippen molar-refractivity contribution in [1.29, 1.82) is 0 Å². The van der Waals surface area contributed by atoms with E-state index < -0.39 is 36.0 Å². The first-order valence-electron chi connectivity index (χ1n) is 10.5. The number of rotatable bonds is 7. The first kappa shape index (κ1) is 24.4. The molecule has 2 aliphatic heterocycles. The Bertz CT molecular complexity index is 1160. The molecular weight excluding hydrogens is 534 g/mol. The van der Waals surface area contributed by atoms with Gasteiger partial charge < -0.3 is 15.2 Å². The lowest BCUT2D eigenvalue weighted by Crippen LogP contribution is -2.43. The zero-order chi connectivity index (χ0) is 24.4. The number of likely N-dealkylation sites (tertiary alicyclic amines) is 1. The molecule has 2 aromatic rings. The summed E-state index contributed by atoms with van der Waals surface area (Å²) in [7, 11) is 0. The van der Waals surface area contributed by atoms with Gasteiger partial charge in [-0.1, -0.05) is 22.0 Å². The van der Waals surface area contributed by atoms with Gasteiger partial charge in [0.2, 0.25) is 0 Å². The van der Waals surface area contributed by atoms with E-state index in [0.717, 1.165) is 0 Å². The van der Waals surface area contributed by atoms with Crippen molar-refractivity contribution in [3.8, 4) is 0 Å². The van der Waals surface area contributed by atoms with Crippen molar-refractivity contribution < 1.29 is 28.2 Å². The third-order valence-corrected chi connectivity index (χ3v) is 6.98. The van der Waals surface area contributed by atoms with Gasteiger partial charge in [0, 0.05) is 41.3 Å². The van der Waals surface area contributed by atoms with Gasteiger partial charge in [-0.2, -0.15) is 0 Å². The first-order chi connectivity index (χ1) is 16.3. The second-order valence-electron chi connectivity index (χ2n) is 7.74. The fourth-order valence-corrected chi connectivity index (χ4v) is 5.20. The van der Waals surface area contributed by atoms with E-state index in [1.54, 1.807) is 18.5 Å². The van der Waals surface area contributed by atoms with Gasteiger partial charge in [-0.15, -0.1) is 11.3 Å². The molecule has 3 atom stereocenters. The molecule has 0 amide bonds. The molecule has 0 bridgehead atoms. The predicted octanol–water partition coefficient (Wildman–Crippen LogP) is 3.45. The Morgan fingerprint density at radius 3 is 2.85 bits per heavy atom. The third-order valence-electron chi connectivity index (χ3n) is 5.51. The number of halogens is 3. The SMILES string of the molecule is CCOC(=O)C1=C(CN2CC(F)C[C@H]2C(=O)O)NC(c2nccs2)=N[C@H]1c1ccc(F)cc1Br. The number of carbonyl (C=O) groups is 2. The molecule has 3 heterocycles. The molecule has 0 spiro atoms. The van der Waals surface area contributed by atoms with Crippen LogP contribution in [0.4, 0.5) is 8.78 Å². The van der Waals surface area contributed by atoms with Gasteiger partial charge >= 0.3 is 11.9 Å². The van der Waals surface area contributed by atoms with E-state index in [0.29, 0.717) is 26.6 Å². The number of esters is 1. The average molecular weight is 555 g/mol. The summed E-state index contributed by atoms with van der Waals surface area (Å²) < 4.78 is 33.6. The number of hydrogen-bond donors (Lipinski definition) is 2. The van der Waals surface area contributed by atoms with E-state index in [1.807, 2.05) is 0 Å². The van der Waals surface area contributed by atoms with Gasteiger partial charge in [0.1, 0.15) is 24.1 Å². The van der Waals surface area contributed by atoms with Crippen LogP contribution in [0.5, 0.6) is 0 Å². The van der Waals surface area contributed by atoms with Crippen LogP contribution in [0.2, 0.25) is 0 Å². The quantitative estimate of drug-likeness (QED) is 0.505. The molecule has 1 unspecified atom stereocenters. The summed E-state index contributed by atoms with van der Waals surface area (Å²) in [5.74, 6) is -1.90. The summed E-state index contributed by atoms with van der Waals surface area (Å²) in [6, 6.07) is 2.12. The van der Waals surface area contributed by atoms with Gasteiger partial charge in [0.05, 0.1) is 12.2 Å². The van der Waals surface area contributed by atoms with Crippen molar-refractivity contribution >= 4 is 45.0 Å². The maximum atomic E-state index is 14.1. The van der Waals surface area contributed by atoms with E-state index in [9.17, 15) is 23.5 Å². The third kappa shape index (κ3) is 5.03. The Balaban J connectivity index is 1.84. The number of carboxylic acids is 1. The van der Waals surface area contributed by atoms with Crippen LogP contribution in [0.15, 0.2) is 50.5 Å². The van der Waals surface area contributed by atoms with Crippen LogP contribution in [0, 0.1) is 5.82 Å². The van der Waals surface area contributed by atoms with Crippen molar-refractivity contribution in [2.75, 3.05) is 19.7 Å². The largest absolute Gasteiger partial charge is 0.480 e. The topological polar surface area (TPSA) is 104 Å². The highest BCUT2D eigenvalue weighted by atomic mass is 79.9. The number of carboxylic acid groups (broad SMARTS) is 1. The van der Waals surface area contributed by atoms with Crippen LogP contribution in [0.25, 0.3) is 0 Å². The lowest BCUT2D eigenvalue weighted by Gasteiger charge is -2.30. The number of aromatic nitrogens is 1. The average Bonchev–Trinajstić information content (AvgIpc) is 3.43. The molecule has 0 radical (unpaired) electrons. The van der Waals surface area contributed by atoms with Crippen molar-refractivity contribution in [2.24, 2.45) is 4.99 Å². The first-order valence-corrected chi connectivity index (χ1v) is 12.2. The lowest BCUT2D eigenvalue weighted by atomic mass is 9.95. The molecule has 8 nitrogen and oxygen atoms in total. The lowest BCUT2D eigenvalue weighted by molar-refractivity contribution is -0.142. The molecule has 180 valence electrons. The Morgan fingerprint density at radius 2 is 2.21 bits per heavy atom. The number of ether oxygens (including phenoxy) is 1. The van der Waals surface area contributed by atoms with Crippen molar-refractivity contribution in [2.45, 2.75) is 31.6 Å². The summed E-state index contributed by atoms with van der Waals surface area (Å²) in [5.41, 5.74) is 0.984. The van der Waals surface area contributed by atoms with Gasteiger partial charge in [-0.25, -0.2) is 18.6 Å². The monoisotopic (exact) mass is 554 g/mol. The minimum Gasteiger partial charge on any atom is -0.480 e. The summed E-state index contributed by atoms with van der Waals surface area (Å²) in [5, 5.41) is 15.0. The Kier molecular flexibility index (Phi) is 7.39. The van der Waals surface area contributed by atoms with Gasteiger partial charge in [-0.05, 0) is 24.6 Å². The number of aliphatic carboxylic acids is 1. The summed E-state index contributed by atoms with van der Waals surface area (Å²) in [4.78, 5) is 35.3. The van der Waals surface area contributed by atoms with Gasteiger partial charge in [0.25, 0.3) is 0 Å². The van der Waals surface area contributed by atoms with Crippen molar-refractivity contribution in [3.63, 3.8) is 0 Å². The number of thiazole rings is 1. The Labute approximate surface area is 206 Å². The number of nitrogens with zero attached hydrogens (tertiary/aromatic N) is 3. The minimum absolute atomic E-state index is 0.0504. The fourth-order valence-electron chi connectivity index (χ4n) is 4.05. The maximum absolute atomic E-state index is 14.1. The zero-order valence-electron chi connectivity index (χ0n) is 18.0. The number of amidine groups is 1. The van der Waals surface area contributed by atoms with Crippen LogP contribution in [-0.2, 0) is 14.3 Å². The van der Waals surface area contributed by atoms with Crippen LogP contribution < -0.4 is 5.32 Å². The second kappa shape index (κ2) is 10.3. The minimum atomic E-state index is -1.30. The standard InChI is InChI=1S/C22H21BrF2N4O4S/c1-2-33-22(32)17-15(10-29-9-12(25)8-16(29)21(30)31)27-19(20-26-5-6-34-20)28-18(17)13-4-3-11(24)7-14(13)23/h3-7,12,16,18H,2,8-10H2,1H3,(H,27,28)(H,30,31)/t12?,16-,18-/m0/s1. The van der Waals surface area contributed by atoms with E-state index >= 15 is 0 Å². The number of alkyl halides is 1. The summed E-state index contributed by atoms with van der Waals surface area (Å²) >= 11 is 4.68. The molecule has 1 fully saturated rings. The molecule has 12 heteroatoms. The maximum Gasteiger partial charge on any atom is 0.338 e. The molecule has 0 saturated carbocycles. The normalized spacial score (nSPS) is 22.9. The predicted molar refractivity (Wildman–Crippen MR) is 125 cm³/mol. The summed E-state index contributed by atoms with van der Waals surface area (Å²) in [6.07, 6.45) is 0.161. The van der Waals surface area contributed by atoms with Crippen molar-refractivity contribution in [1.82, 2.24) is 15.2 Å². The molecule has 1 aromatic heterocycles. The molecule has 1 saturated heterocycles. The molecule has 1 aromatic carbocycles. The van der Waals surface area contributed by atoms with E-state index in [4.69, 9.17) is 9.73 Å².